The molecule has 130 valence electrons. The molecule has 0 radical (unpaired) electrons. The van der Waals surface area contributed by atoms with Crippen molar-refractivity contribution in [2.45, 2.75) is 19.8 Å². The van der Waals surface area contributed by atoms with Crippen LogP contribution in [0.1, 0.15) is 29.4 Å². The molecule has 1 atom stereocenters. The van der Waals surface area contributed by atoms with Crippen molar-refractivity contribution in [1.82, 2.24) is 10.2 Å². The molecule has 1 unspecified atom stereocenters. The lowest BCUT2D eigenvalue weighted by Crippen LogP contribution is -2.35. The minimum Gasteiger partial charge on any atom is -0.351 e. The highest BCUT2D eigenvalue weighted by Crippen LogP contribution is 2.39. The predicted molar refractivity (Wildman–Crippen MR) is 105 cm³/mol. The summed E-state index contributed by atoms with van der Waals surface area (Å²) >= 11 is 3.29. The maximum atomic E-state index is 12.5. The first-order valence-corrected chi connectivity index (χ1v) is 10.2. The molecule has 1 aliphatic heterocycles. The Bertz CT molecular complexity index is 943. The van der Waals surface area contributed by atoms with Gasteiger partial charge in [0.2, 0.25) is 5.91 Å². The first-order valence-electron chi connectivity index (χ1n) is 8.59. The number of thiophene rings is 2. The number of carbonyl (C=O) groups excluding carboxylic acids is 2. The Labute approximate surface area is 154 Å². The Balaban J connectivity index is 1.40. The maximum Gasteiger partial charge on any atom is 0.261 e. The summed E-state index contributed by atoms with van der Waals surface area (Å²) in [6.45, 7) is 4.25. The van der Waals surface area contributed by atoms with E-state index in [1.165, 1.54) is 19.5 Å². The zero-order chi connectivity index (χ0) is 17.4. The minimum atomic E-state index is -0.0166. The third kappa shape index (κ3) is 3.28. The van der Waals surface area contributed by atoms with Gasteiger partial charge in [0.05, 0.1) is 9.58 Å². The Morgan fingerprint density at radius 3 is 2.92 bits per heavy atom. The fourth-order valence-corrected chi connectivity index (χ4v) is 5.74. The second-order valence-corrected chi connectivity index (χ2v) is 8.80. The van der Waals surface area contributed by atoms with Crippen LogP contribution in [-0.2, 0) is 4.79 Å². The minimum absolute atomic E-state index is 0.0166. The van der Waals surface area contributed by atoms with Gasteiger partial charge in [-0.2, -0.15) is 0 Å². The highest BCUT2D eigenvalue weighted by molar-refractivity contribution is 7.33. The van der Waals surface area contributed by atoms with E-state index in [9.17, 15) is 9.59 Å². The van der Waals surface area contributed by atoms with Gasteiger partial charge in [-0.1, -0.05) is 25.1 Å². The second-order valence-electron chi connectivity index (χ2n) is 6.66. The first-order chi connectivity index (χ1) is 12.1. The van der Waals surface area contributed by atoms with Crippen molar-refractivity contribution in [1.29, 1.82) is 0 Å². The summed E-state index contributed by atoms with van der Waals surface area (Å²) in [4.78, 5) is 26.8. The van der Waals surface area contributed by atoms with E-state index >= 15 is 0 Å². The average molecular weight is 373 g/mol. The molecule has 1 fully saturated rings. The number of nitrogens with zero attached hydrogens (tertiary/aromatic N) is 1. The van der Waals surface area contributed by atoms with Crippen LogP contribution < -0.4 is 5.32 Å². The smallest absolute Gasteiger partial charge is 0.261 e. The van der Waals surface area contributed by atoms with Crippen molar-refractivity contribution in [2.75, 3.05) is 19.6 Å². The highest BCUT2D eigenvalue weighted by atomic mass is 32.1. The van der Waals surface area contributed by atoms with Gasteiger partial charge in [-0.05, 0) is 24.5 Å². The number of amides is 2. The van der Waals surface area contributed by atoms with Gasteiger partial charge in [0.1, 0.15) is 0 Å². The van der Waals surface area contributed by atoms with Gasteiger partial charge in [-0.15, -0.1) is 22.7 Å². The van der Waals surface area contributed by atoms with Crippen LogP contribution >= 0.6 is 22.7 Å². The molecular formula is C19H20N2O2S2. The molecule has 1 N–H and O–H groups in total. The first kappa shape index (κ1) is 16.5. The molecule has 0 bridgehead atoms. The lowest BCUT2D eigenvalue weighted by Gasteiger charge is -2.20. The van der Waals surface area contributed by atoms with Crippen LogP contribution in [0, 0.1) is 5.92 Å². The molecule has 0 saturated carbocycles. The lowest BCUT2D eigenvalue weighted by molar-refractivity contribution is -0.128. The van der Waals surface area contributed by atoms with Crippen LogP contribution in [0.4, 0.5) is 0 Å². The lowest BCUT2D eigenvalue weighted by atomic mass is 10.1. The Kier molecular flexibility index (Phi) is 4.48. The van der Waals surface area contributed by atoms with Crippen molar-refractivity contribution in [3.63, 3.8) is 0 Å². The molecule has 25 heavy (non-hydrogen) atoms. The summed E-state index contributed by atoms with van der Waals surface area (Å²) in [6, 6.07) is 10.3. The van der Waals surface area contributed by atoms with Crippen LogP contribution in [0.3, 0.4) is 0 Å². The summed E-state index contributed by atoms with van der Waals surface area (Å²) in [7, 11) is 0. The zero-order valence-electron chi connectivity index (χ0n) is 14.1. The second kappa shape index (κ2) is 6.77. The van der Waals surface area contributed by atoms with Crippen LogP contribution in [0.2, 0.25) is 0 Å². The van der Waals surface area contributed by atoms with Gasteiger partial charge >= 0.3 is 0 Å². The van der Waals surface area contributed by atoms with E-state index in [4.69, 9.17) is 0 Å². The standard InChI is InChI=1S/C19H20N2O2S2/c1-12(11-21-8-4-7-17(21)22)10-20-19(23)16-9-15-18(25-16)13-5-2-3-6-14(13)24-15/h2-3,5-6,9,12H,4,7-8,10-11H2,1H3,(H,20,23). The number of benzene rings is 1. The van der Waals surface area contributed by atoms with E-state index in [0.717, 1.165) is 24.4 Å². The molecule has 0 aliphatic carbocycles. The molecule has 1 aromatic carbocycles. The summed E-state index contributed by atoms with van der Waals surface area (Å²) in [5, 5.41) is 4.25. The van der Waals surface area contributed by atoms with E-state index in [0.29, 0.717) is 13.0 Å². The number of rotatable bonds is 5. The number of fused-ring (bicyclic) bond motifs is 3. The van der Waals surface area contributed by atoms with Crippen LogP contribution in [0.25, 0.3) is 19.5 Å². The van der Waals surface area contributed by atoms with Gasteiger partial charge < -0.3 is 10.2 Å². The number of likely N-dealkylation sites (tertiary alicyclic amines) is 1. The third-order valence-electron chi connectivity index (χ3n) is 4.59. The van der Waals surface area contributed by atoms with Crippen molar-refractivity contribution in [3.8, 4) is 0 Å². The molecule has 3 aromatic rings. The van der Waals surface area contributed by atoms with Crippen LogP contribution in [-0.4, -0.2) is 36.3 Å². The van der Waals surface area contributed by atoms with Crippen molar-refractivity contribution < 1.29 is 9.59 Å². The fraction of sp³-hybridized carbons (Fsp3) is 0.368. The van der Waals surface area contributed by atoms with Crippen molar-refractivity contribution in [2.24, 2.45) is 5.92 Å². The van der Waals surface area contributed by atoms with Gasteiger partial charge in [-0.3, -0.25) is 9.59 Å². The van der Waals surface area contributed by atoms with Gasteiger partial charge in [0, 0.05) is 40.8 Å². The van der Waals surface area contributed by atoms with E-state index in [1.54, 1.807) is 22.7 Å². The molecule has 2 aromatic heterocycles. The van der Waals surface area contributed by atoms with E-state index < -0.39 is 0 Å². The fourth-order valence-electron chi connectivity index (χ4n) is 3.30. The molecule has 4 nitrogen and oxygen atoms in total. The average Bonchev–Trinajstić information content (AvgIpc) is 3.27. The topological polar surface area (TPSA) is 49.4 Å². The monoisotopic (exact) mass is 372 g/mol. The molecule has 6 heteroatoms. The van der Waals surface area contributed by atoms with E-state index in [2.05, 4.69) is 24.4 Å². The highest BCUT2D eigenvalue weighted by Gasteiger charge is 2.22. The summed E-state index contributed by atoms with van der Waals surface area (Å²) < 4.78 is 3.63. The molecule has 3 heterocycles. The Hall–Kier alpha value is -1.92. The molecule has 1 aliphatic rings. The number of hydrogen-bond acceptors (Lipinski definition) is 4. The Morgan fingerprint density at radius 1 is 1.28 bits per heavy atom. The van der Waals surface area contributed by atoms with E-state index in [1.807, 2.05) is 23.1 Å². The molecular weight excluding hydrogens is 352 g/mol. The van der Waals surface area contributed by atoms with Crippen molar-refractivity contribution >= 4 is 54.0 Å². The number of hydrogen-bond donors (Lipinski definition) is 1. The van der Waals surface area contributed by atoms with Gasteiger partial charge in [0.15, 0.2) is 0 Å². The normalized spacial score (nSPS) is 16.0. The predicted octanol–water partition coefficient (Wildman–Crippen LogP) is 4.10. The maximum absolute atomic E-state index is 12.5. The summed E-state index contributed by atoms with van der Waals surface area (Å²) in [6.07, 6.45) is 1.62. The van der Waals surface area contributed by atoms with Crippen LogP contribution in [0.5, 0.6) is 0 Å². The number of nitrogens with one attached hydrogen (secondary N) is 1. The third-order valence-corrected chi connectivity index (χ3v) is 7.00. The zero-order valence-corrected chi connectivity index (χ0v) is 15.7. The summed E-state index contributed by atoms with van der Waals surface area (Å²) in [5.74, 6) is 0.480. The Morgan fingerprint density at radius 2 is 2.12 bits per heavy atom. The largest absolute Gasteiger partial charge is 0.351 e. The van der Waals surface area contributed by atoms with Crippen LogP contribution in [0.15, 0.2) is 30.3 Å². The van der Waals surface area contributed by atoms with Gasteiger partial charge in [-0.25, -0.2) is 0 Å². The molecule has 0 spiro atoms. The van der Waals surface area contributed by atoms with Gasteiger partial charge in [0.25, 0.3) is 5.91 Å². The van der Waals surface area contributed by atoms with Crippen molar-refractivity contribution in [3.05, 3.63) is 35.2 Å². The quantitative estimate of drug-likeness (QED) is 0.733. The molecule has 4 rings (SSSR count). The SMILES string of the molecule is CC(CNC(=O)c1cc2sc3ccccc3c2s1)CN1CCCC1=O. The van der Waals surface area contributed by atoms with E-state index in [-0.39, 0.29) is 17.7 Å². The number of carbonyl (C=O) groups is 2. The molecule has 2 amide bonds. The summed E-state index contributed by atoms with van der Waals surface area (Å²) in [5.41, 5.74) is 0. The molecule has 1 saturated heterocycles.